The molecule has 52 valence electrons. The van der Waals surface area contributed by atoms with Gasteiger partial charge >= 0.3 is 0 Å². The zero-order valence-corrected chi connectivity index (χ0v) is 6.11. The van der Waals surface area contributed by atoms with Crippen LogP contribution in [0, 0.1) is 5.92 Å². The van der Waals surface area contributed by atoms with Gasteiger partial charge in [-0.25, -0.2) is 0 Å². The van der Waals surface area contributed by atoms with Gasteiger partial charge in [-0.05, 0) is 31.7 Å². The molecule has 1 N–H and O–H groups in total. The molecule has 0 radical (unpaired) electrons. The average Bonchev–Trinajstić information content (AvgIpc) is 2.44. The summed E-state index contributed by atoms with van der Waals surface area (Å²) in [6.07, 6.45) is 5.73. The molecule has 0 aromatic heterocycles. The molecule has 0 aromatic rings. The minimum Gasteiger partial charge on any atom is -0.311 e. The zero-order chi connectivity index (χ0) is 6.32. The van der Waals surface area contributed by atoms with E-state index in [1.807, 2.05) is 0 Å². The molecule has 0 amide bonds. The summed E-state index contributed by atoms with van der Waals surface area (Å²) in [5, 5.41) is 3.62. The summed E-state index contributed by atoms with van der Waals surface area (Å²) < 4.78 is 0. The van der Waals surface area contributed by atoms with Crippen LogP contribution in [0.15, 0.2) is 0 Å². The molecule has 1 aliphatic heterocycles. The molecular formula is C8H15N. The minimum atomic E-state index is 0.637. The van der Waals surface area contributed by atoms with E-state index >= 15 is 0 Å². The van der Waals surface area contributed by atoms with Gasteiger partial charge < -0.3 is 5.32 Å². The van der Waals surface area contributed by atoms with Crippen molar-refractivity contribution in [2.45, 2.75) is 38.1 Å². The van der Waals surface area contributed by atoms with Gasteiger partial charge in [-0.3, -0.25) is 0 Å². The highest BCUT2D eigenvalue weighted by molar-refractivity contribution is 5.09. The van der Waals surface area contributed by atoms with Crippen molar-refractivity contribution >= 4 is 0 Å². The maximum atomic E-state index is 3.62. The van der Waals surface area contributed by atoms with Crippen LogP contribution in [0.3, 0.4) is 0 Å². The van der Waals surface area contributed by atoms with Crippen molar-refractivity contribution in [2.75, 3.05) is 6.54 Å². The van der Waals surface area contributed by atoms with Gasteiger partial charge in [0, 0.05) is 5.54 Å². The monoisotopic (exact) mass is 125 g/mol. The first-order valence-corrected chi connectivity index (χ1v) is 4.08. The molecule has 0 bridgehead atoms. The summed E-state index contributed by atoms with van der Waals surface area (Å²) >= 11 is 0. The molecule has 2 atom stereocenters. The molecule has 2 aliphatic rings. The van der Waals surface area contributed by atoms with E-state index in [1.54, 1.807) is 0 Å². The molecule has 1 aliphatic carbocycles. The molecule has 1 saturated carbocycles. The number of piperidine rings is 1. The van der Waals surface area contributed by atoms with Crippen LogP contribution >= 0.6 is 0 Å². The Kier molecular flexibility index (Phi) is 1.10. The predicted molar refractivity (Wildman–Crippen MR) is 38.4 cm³/mol. The number of rotatable bonds is 0. The van der Waals surface area contributed by atoms with Gasteiger partial charge in [0.15, 0.2) is 0 Å². The fourth-order valence-electron chi connectivity index (χ4n) is 2.07. The molecule has 2 rings (SSSR count). The lowest BCUT2D eigenvalue weighted by Crippen LogP contribution is -2.37. The second-order valence-electron chi connectivity index (χ2n) is 3.65. The number of nitrogens with one attached hydrogen (secondary N) is 1. The molecule has 1 spiro atoms. The second-order valence-corrected chi connectivity index (χ2v) is 3.65. The fourth-order valence-corrected chi connectivity index (χ4v) is 2.07. The van der Waals surface area contributed by atoms with Crippen LogP contribution in [0.25, 0.3) is 0 Å². The lowest BCUT2D eigenvalue weighted by molar-refractivity contribution is 0.363. The summed E-state index contributed by atoms with van der Waals surface area (Å²) in [6, 6.07) is 0. The van der Waals surface area contributed by atoms with Crippen LogP contribution in [0.5, 0.6) is 0 Å². The molecular weight excluding hydrogens is 110 g/mol. The normalized spacial score (nSPS) is 49.7. The van der Waals surface area contributed by atoms with Gasteiger partial charge in [0.05, 0.1) is 0 Å². The Morgan fingerprint density at radius 3 is 2.56 bits per heavy atom. The lowest BCUT2D eigenvalue weighted by atomic mass is 10.0. The number of hydrogen-bond donors (Lipinski definition) is 1. The Hall–Kier alpha value is -0.0400. The summed E-state index contributed by atoms with van der Waals surface area (Å²) in [5.74, 6) is 0.970. The molecule has 1 nitrogen and oxygen atoms in total. The summed E-state index contributed by atoms with van der Waals surface area (Å²) in [6.45, 7) is 3.63. The SMILES string of the molecule is C[C@@H]1CC12CCCCN2. The smallest absolute Gasteiger partial charge is 0.0210 e. The first-order valence-electron chi connectivity index (χ1n) is 4.08. The summed E-state index contributed by atoms with van der Waals surface area (Å²) in [7, 11) is 0. The first kappa shape index (κ1) is 5.72. The molecule has 0 aromatic carbocycles. The average molecular weight is 125 g/mol. The standard InChI is InChI=1S/C8H15N/c1-7-6-8(7)4-2-3-5-9-8/h7,9H,2-6H2,1H3/t7-,8?/m1/s1. The van der Waals surface area contributed by atoms with Crippen molar-refractivity contribution in [3.63, 3.8) is 0 Å². The van der Waals surface area contributed by atoms with Gasteiger partial charge in [0.25, 0.3) is 0 Å². The van der Waals surface area contributed by atoms with Gasteiger partial charge in [0.1, 0.15) is 0 Å². The molecule has 1 heterocycles. The van der Waals surface area contributed by atoms with E-state index in [4.69, 9.17) is 0 Å². The van der Waals surface area contributed by atoms with Crippen molar-refractivity contribution in [2.24, 2.45) is 5.92 Å². The Morgan fingerprint density at radius 2 is 2.22 bits per heavy atom. The van der Waals surface area contributed by atoms with E-state index in [1.165, 1.54) is 32.2 Å². The van der Waals surface area contributed by atoms with E-state index in [0.29, 0.717) is 5.54 Å². The van der Waals surface area contributed by atoms with Crippen LogP contribution < -0.4 is 5.32 Å². The van der Waals surface area contributed by atoms with Crippen LogP contribution in [-0.2, 0) is 0 Å². The highest BCUT2D eigenvalue weighted by Gasteiger charge is 2.50. The van der Waals surface area contributed by atoms with Gasteiger partial charge in [0.2, 0.25) is 0 Å². The predicted octanol–water partition coefficient (Wildman–Crippen LogP) is 1.54. The van der Waals surface area contributed by atoms with E-state index < -0.39 is 0 Å². The van der Waals surface area contributed by atoms with Crippen LogP contribution in [0.1, 0.15) is 32.6 Å². The molecule has 1 unspecified atom stereocenters. The number of hydrogen-bond acceptors (Lipinski definition) is 1. The molecule has 9 heavy (non-hydrogen) atoms. The van der Waals surface area contributed by atoms with Gasteiger partial charge in [-0.2, -0.15) is 0 Å². The zero-order valence-electron chi connectivity index (χ0n) is 6.11. The van der Waals surface area contributed by atoms with Crippen molar-refractivity contribution in [1.29, 1.82) is 0 Å². The van der Waals surface area contributed by atoms with Crippen molar-refractivity contribution < 1.29 is 0 Å². The first-order chi connectivity index (χ1) is 4.33. The summed E-state index contributed by atoms with van der Waals surface area (Å²) in [4.78, 5) is 0. The van der Waals surface area contributed by atoms with E-state index in [-0.39, 0.29) is 0 Å². The Bertz CT molecular complexity index is 114. The maximum absolute atomic E-state index is 3.62. The van der Waals surface area contributed by atoms with E-state index in [0.717, 1.165) is 5.92 Å². The van der Waals surface area contributed by atoms with E-state index in [2.05, 4.69) is 12.2 Å². The molecule has 2 fully saturated rings. The Morgan fingerprint density at radius 1 is 1.44 bits per heavy atom. The van der Waals surface area contributed by atoms with E-state index in [9.17, 15) is 0 Å². The quantitative estimate of drug-likeness (QED) is 0.518. The van der Waals surface area contributed by atoms with Crippen molar-refractivity contribution in [3.8, 4) is 0 Å². The molecule has 1 heteroatoms. The highest BCUT2D eigenvalue weighted by Crippen LogP contribution is 2.47. The lowest BCUT2D eigenvalue weighted by Gasteiger charge is -2.23. The summed E-state index contributed by atoms with van der Waals surface area (Å²) in [5.41, 5.74) is 0.637. The Balaban J connectivity index is 1.97. The fraction of sp³-hybridized carbons (Fsp3) is 1.00. The third-order valence-electron chi connectivity index (χ3n) is 2.98. The van der Waals surface area contributed by atoms with Crippen LogP contribution in [-0.4, -0.2) is 12.1 Å². The van der Waals surface area contributed by atoms with Crippen molar-refractivity contribution in [1.82, 2.24) is 5.32 Å². The van der Waals surface area contributed by atoms with Crippen LogP contribution in [0.4, 0.5) is 0 Å². The van der Waals surface area contributed by atoms with Gasteiger partial charge in [-0.1, -0.05) is 13.3 Å². The highest BCUT2D eigenvalue weighted by atomic mass is 15.0. The second kappa shape index (κ2) is 1.72. The van der Waals surface area contributed by atoms with Crippen LogP contribution in [0.2, 0.25) is 0 Å². The molecule has 1 saturated heterocycles. The minimum absolute atomic E-state index is 0.637. The maximum Gasteiger partial charge on any atom is 0.0210 e. The third kappa shape index (κ3) is 0.787. The largest absolute Gasteiger partial charge is 0.311 e. The van der Waals surface area contributed by atoms with Crippen molar-refractivity contribution in [3.05, 3.63) is 0 Å². The third-order valence-corrected chi connectivity index (χ3v) is 2.98. The van der Waals surface area contributed by atoms with Gasteiger partial charge in [-0.15, -0.1) is 0 Å². The topological polar surface area (TPSA) is 12.0 Å². The Labute approximate surface area is 56.8 Å².